The van der Waals surface area contributed by atoms with Gasteiger partial charge in [-0.25, -0.2) is 4.79 Å². The van der Waals surface area contributed by atoms with Gasteiger partial charge in [-0.1, -0.05) is 6.07 Å². The molecule has 0 aliphatic heterocycles. The average molecular weight is 285 g/mol. The molecule has 108 valence electrons. The number of rotatable bonds is 3. The molecule has 0 atom stereocenters. The number of anilines is 1. The van der Waals surface area contributed by atoms with Gasteiger partial charge in [0.1, 0.15) is 5.75 Å². The number of carbonyl (C=O) groups excluding carboxylic acids is 1. The Morgan fingerprint density at radius 3 is 2.38 bits per heavy atom. The van der Waals surface area contributed by atoms with Gasteiger partial charge in [0.15, 0.2) is 0 Å². The minimum atomic E-state index is -1.01. The van der Waals surface area contributed by atoms with Crippen molar-refractivity contribution in [2.24, 2.45) is 0 Å². The molecule has 0 aliphatic carbocycles. The summed E-state index contributed by atoms with van der Waals surface area (Å²) < 4.78 is 0. The number of phenols is 1. The molecule has 0 radical (unpaired) electrons. The monoisotopic (exact) mass is 285 g/mol. The van der Waals surface area contributed by atoms with E-state index >= 15 is 0 Å². The number of carboxylic acid groups (broad SMARTS) is 1. The fourth-order valence-electron chi connectivity index (χ4n) is 2.05. The molecule has 5 heteroatoms. The van der Waals surface area contributed by atoms with Gasteiger partial charge in [0.05, 0.1) is 5.56 Å². The minimum absolute atomic E-state index is 0.0556. The highest BCUT2D eigenvalue weighted by Gasteiger charge is 2.13. The maximum Gasteiger partial charge on any atom is 0.335 e. The summed E-state index contributed by atoms with van der Waals surface area (Å²) in [6.07, 6.45) is 0. The van der Waals surface area contributed by atoms with E-state index in [1.807, 2.05) is 0 Å². The van der Waals surface area contributed by atoms with Crippen LogP contribution in [-0.4, -0.2) is 22.1 Å². The Balaban J connectivity index is 2.26. The van der Waals surface area contributed by atoms with Crippen molar-refractivity contribution in [2.75, 3.05) is 5.32 Å². The first-order chi connectivity index (χ1) is 9.90. The Morgan fingerprint density at radius 1 is 1.05 bits per heavy atom. The highest BCUT2D eigenvalue weighted by molar-refractivity contribution is 6.06. The van der Waals surface area contributed by atoms with E-state index in [0.717, 1.165) is 0 Å². The van der Waals surface area contributed by atoms with Gasteiger partial charge in [-0.15, -0.1) is 0 Å². The number of nitrogens with one attached hydrogen (secondary N) is 1. The van der Waals surface area contributed by atoms with Crippen molar-refractivity contribution in [2.45, 2.75) is 13.8 Å². The van der Waals surface area contributed by atoms with Crippen molar-refractivity contribution in [3.8, 4) is 5.75 Å². The van der Waals surface area contributed by atoms with E-state index in [4.69, 9.17) is 5.11 Å². The maximum atomic E-state index is 12.2. The van der Waals surface area contributed by atoms with Gasteiger partial charge in [0.25, 0.3) is 5.91 Å². The third-order valence-corrected chi connectivity index (χ3v) is 3.26. The summed E-state index contributed by atoms with van der Waals surface area (Å²) >= 11 is 0. The van der Waals surface area contributed by atoms with Crippen LogP contribution in [0.4, 0.5) is 5.69 Å². The van der Waals surface area contributed by atoms with Crippen LogP contribution in [0.3, 0.4) is 0 Å². The van der Waals surface area contributed by atoms with Crippen LogP contribution in [-0.2, 0) is 0 Å². The number of benzene rings is 2. The molecular weight excluding hydrogens is 270 g/mol. The number of aromatic carboxylic acids is 1. The molecule has 0 bridgehead atoms. The fourth-order valence-corrected chi connectivity index (χ4v) is 2.05. The minimum Gasteiger partial charge on any atom is -0.508 e. The van der Waals surface area contributed by atoms with Crippen LogP contribution in [0.2, 0.25) is 0 Å². The third-order valence-electron chi connectivity index (χ3n) is 3.26. The van der Waals surface area contributed by atoms with Gasteiger partial charge in [-0.3, -0.25) is 4.79 Å². The number of amides is 1. The molecule has 2 aromatic carbocycles. The largest absolute Gasteiger partial charge is 0.508 e. The second-order valence-electron chi connectivity index (χ2n) is 4.74. The molecule has 1 amide bonds. The van der Waals surface area contributed by atoms with E-state index in [9.17, 15) is 14.7 Å². The Hall–Kier alpha value is -2.82. The molecule has 0 fully saturated rings. The van der Waals surface area contributed by atoms with Crippen LogP contribution in [0.1, 0.15) is 31.8 Å². The molecule has 21 heavy (non-hydrogen) atoms. The molecule has 2 aromatic rings. The van der Waals surface area contributed by atoms with Gasteiger partial charge >= 0.3 is 5.97 Å². The number of aryl methyl sites for hydroxylation is 1. The predicted molar refractivity (Wildman–Crippen MR) is 78.9 cm³/mol. The van der Waals surface area contributed by atoms with Crippen LogP contribution in [0.15, 0.2) is 36.4 Å². The molecule has 0 aliphatic rings. The van der Waals surface area contributed by atoms with Crippen molar-refractivity contribution in [3.63, 3.8) is 0 Å². The Bertz CT molecular complexity index is 722. The summed E-state index contributed by atoms with van der Waals surface area (Å²) in [5.41, 5.74) is 2.13. The Morgan fingerprint density at radius 2 is 1.76 bits per heavy atom. The lowest BCUT2D eigenvalue weighted by Gasteiger charge is -2.10. The molecule has 0 saturated heterocycles. The van der Waals surface area contributed by atoms with Gasteiger partial charge < -0.3 is 15.5 Å². The zero-order valence-electron chi connectivity index (χ0n) is 11.7. The molecule has 3 N–H and O–H groups in total. The molecule has 0 heterocycles. The van der Waals surface area contributed by atoms with E-state index in [1.165, 1.54) is 18.2 Å². The van der Waals surface area contributed by atoms with Crippen molar-refractivity contribution in [1.82, 2.24) is 0 Å². The first-order valence-electron chi connectivity index (χ1n) is 6.34. The maximum absolute atomic E-state index is 12.2. The van der Waals surface area contributed by atoms with Crippen LogP contribution in [0.5, 0.6) is 5.75 Å². The van der Waals surface area contributed by atoms with E-state index in [2.05, 4.69) is 5.32 Å². The highest BCUT2D eigenvalue weighted by Crippen LogP contribution is 2.21. The standard InChI is InChI=1S/C16H15NO4/c1-9-8-11(6-7-12(9)16(20)21)17-15(19)13-4-3-5-14(18)10(13)2/h3-8,18H,1-2H3,(H,17,19)(H,20,21). The highest BCUT2D eigenvalue weighted by atomic mass is 16.4. The van der Waals surface area contributed by atoms with Crippen LogP contribution < -0.4 is 5.32 Å². The Kier molecular flexibility index (Phi) is 3.93. The van der Waals surface area contributed by atoms with E-state index in [0.29, 0.717) is 22.4 Å². The second-order valence-corrected chi connectivity index (χ2v) is 4.74. The van der Waals surface area contributed by atoms with E-state index < -0.39 is 5.97 Å². The number of phenolic OH excluding ortho intramolecular Hbond substituents is 1. The summed E-state index contributed by atoms with van der Waals surface area (Å²) in [4.78, 5) is 23.1. The lowest BCUT2D eigenvalue weighted by Crippen LogP contribution is -2.13. The van der Waals surface area contributed by atoms with Crippen molar-refractivity contribution in [3.05, 3.63) is 58.7 Å². The number of hydrogen-bond donors (Lipinski definition) is 3. The van der Waals surface area contributed by atoms with Crippen molar-refractivity contribution in [1.29, 1.82) is 0 Å². The van der Waals surface area contributed by atoms with Crippen LogP contribution in [0.25, 0.3) is 0 Å². The second kappa shape index (κ2) is 5.66. The van der Waals surface area contributed by atoms with Gasteiger partial charge in [-0.2, -0.15) is 0 Å². The summed E-state index contributed by atoms with van der Waals surface area (Å²) in [6, 6.07) is 9.30. The quantitative estimate of drug-likeness (QED) is 0.809. The van der Waals surface area contributed by atoms with Gasteiger partial charge in [0.2, 0.25) is 0 Å². The molecule has 0 unspecified atom stereocenters. The third kappa shape index (κ3) is 3.02. The fraction of sp³-hybridized carbons (Fsp3) is 0.125. The van der Waals surface area contributed by atoms with Gasteiger partial charge in [-0.05, 0) is 49.7 Å². The number of aromatic hydroxyl groups is 1. The van der Waals surface area contributed by atoms with E-state index in [-0.39, 0.29) is 17.2 Å². The van der Waals surface area contributed by atoms with E-state index in [1.54, 1.807) is 32.0 Å². The zero-order valence-corrected chi connectivity index (χ0v) is 11.7. The van der Waals surface area contributed by atoms with Crippen molar-refractivity contribution >= 4 is 17.6 Å². The predicted octanol–water partition coefficient (Wildman–Crippen LogP) is 2.96. The molecule has 0 saturated carbocycles. The van der Waals surface area contributed by atoms with Crippen LogP contribution >= 0.6 is 0 Å². The molecular formula is C16H15NO4. The molecule has 0 aromatic heterocycles. The summed E-state index contributed by atoms with van der Waals surface area (Å²) in [7, 11) is 0. The normalized spacial score (nSPS) is 10.2. The molecule has 0 spiro atoms. The van der Waals surface area contributed by atoms with Crippen LogP contribution in [0, 0.1) is 13.8 Å². The average Bonchev–Trinajstić information content (AvgIpc) is 2.41. The summed E-state index contributed by atoms with van der Waals surface area (Å²) in [5.74, 6) is -1.31. The first-order valence-corrected chi connectivity index (χ1v) is 6.34. The molecule has 2 rings (SSSR count). The first kappa shape index (κ1) is 14.6. The van der Waals surface area contributed by atoms with Crippen molar-refractivity contribution < 1.29 is 19.8 Å². The number of hydrogen-bond acceptors (Lipinski definition) is 3. The summed E-state index contributed by atoms with van der Waals surface area (Å²) in [5, 5.41) is 21.3. The summed E-state index contributed by atoms with van der Waals surface area (Å²) in [6.45, 7) is 3.32. The number of carbonyl (C=O) groups is 2. The Labute approximate surface area is 121 Å². The SMILES string of the molecule is Cc1cc(NC(=O)c2cccc(O)c2C)ccc1C(=O)O. The lowest BCUT2D eigenvalue weighted by atomic mass is 10.1. The number of carboxylic acids is 1. The smallest absolute Gasteiger partial charge is 0.335 e. The lowest BCUT2D eigenvalue weighted by molar-refractivity contribution is 0.0696. The topological polar surface area (TPSA) is 86.6 Å². The van der Waals surface area contributed by atoms with Gasteiger partial charge in [0, 0.05) is 16.8 Å². The molecule has 5 nitrogen and oxygen atoms in total. The zero-order chi connectivity index (χ0) is 15.6.